The smallest absolute Gasteiger partial charge is 0.135 e. The fourth-order valence-electron chi connectivity index (χ4n) is 3.33. The molecule has 1 saturated heterocycles. The quantitative estimate of drug-likeness (QED) is 0.531. The highest BCUT2D eigenvalue weighted by molar-refractivity contribution is 7.70. The SMILES string of the molecule is C=C/C(=C\C=C/C)N1CCN(c2cc(Nc3ccc(P(C)(C)=O)cc3)ncn2)CC1. The van der Waals surface area contributed by atoms with Crippen molar-refractivity contribution in [2.24, 2.45) is 0 Å². The van der Waals surface area contributed by atoms with E-state index in [1.54, 1.807) is 19.7 Å². The summed E-state index contributed by atoms with van der Waals surface area (Å²) in [7, 11) is -2.25. The highest BCUT2D eigenvalue weighted by Crippen LogP contribution is 2.34. The van der Waals surface area contributed by atoms with Crippen molar-refractivity contribution in [3.05, 3.63) is 73.2 Å². The molecule has 0 bridgehead atoms. The first kappa shape index (κ1) is 21.8. The van der Waals surface area contributed by atoms with Crippen LogP contribution in [0.1, 0.15) is 6.92 Å². The predicted octanol–water partition coefficient (Wildman–Crippen LogP) is 4.24. The summed E-state index contributed by atoms with van der Waals surface area (Å²) in [5, 5.41) is 4.19. The zero-order chi connectivity index (χ0) is 21.6. The molecule has 0 saturated carbocycles. The lowest BCUT2D eigenvalue weighted by atomic mass is 10.2. The first-order chi connectivity index (χ1) is 14.4. The molecule has 0 atom stereocenters. The molecule has 158 valence electrons. The summed E-state index contributed by atoms with van der Waals surface area (Å²) < 4.78 is 12.2. The number of nitrogens with zero attached hydrogens (tertiary/aromatic N) is 4. The molecule has 30 heavy (non-hydrogen) atoms. The van der Waals surface area contributed by atoms with Crippen LogP contribution >= 0.6 is 7.14 Å². The van der Waals surface area contributed by atoms with Gasteiger partial charge in [-0.1, -0.05) is 18.7 Å². The number of hydrogen-bond acceptors (Lipinski definition) is 6. The van der Waals surface area contributed by atoms with Crippen molar-refractivity contribution < 1.29 is 4.57 Å². The zero-order valence-electron chi connectivity index (χ0n) is 18.0. The van der Waals surface area contributed by atoms with Crippen LogP contribution in [0.5, 0.6) is 0 Å². The van der Waals surface area contributed by atoms with E-state index in [9.17, 15) is 4.57 Å². The Balaban J connectivity index is 1.65. The lowest BCUT2D eigenvalue weighted by Gasteiger charge is -2.37. The van der Waals surface area contributed by atoms with Gasteiger partial charge in [-0.2, -0.15) is 0 Å². The topological polar surface area (TPSA) is 61.4 Å². The monoisotopic (exact) mass is 423 g/mol. The third-order valence-corrected chi connectivity index (χ3v) is 6.59. The van der Waals surface area contributed by atoms with Crippen LogP contribution in [0, 0.1) is 0 Å². The Morgan fingerprint density at radius 2 is 1.83 bits per heavy atom. The third-order valence-electron chi connectivity index (χ3n) is 5.05. The maximum Gasteiger partial charge on any atom is 0.135 e. The van der Waals surface area contributed by atoms with Crippen LogP contribution in [0.15, 0.2) is 73.2 Å². The average molecular weight is 424 g/mol. The second-order valence-electron chi connectivity index (χ2n) is 7.58. The van der Waals surface area contributed by atoms with Gasteiger partial charge in [0.25, 0.3) is 0 Å². The van der Waals surface area contributed by atoms with E-state index in [4.69, 9.17) is 0 Å². The van der Waals surface area contributed by atoms with E-state index >= 15 is 0 Å². The summed E-state index contributed by atoms with van der Waals surface area (Å²) in [5.74, 6) is 1.65. The molecule has 1 aliphatic rings. The first-order valence-corrected chi connectivity index (χ1v) is 12.7. The Kier molecular flexibility index (Phi) is 7.11. The highest BCUT2D eigenvalue weighted by Gasteiger charge is 2.19. The number of hydrogen-bond donors (Lipinski definition) is 1. The predicted molar refractivity (Wildman–Crippen MR) is 128 cm³/mol. The number of aromatic nitrogens is 2. The Labute approximate surface area is 179 Å². The third kappa shape index (κ3) is 5.61. The maximum atomic E-state index is 12.2. The van der Waals surface area contributed by atoms with Crippen LogP contribution < -0.4 is 15.5 Å². The summed E-state index contributed by atoms with van der Waals surface area (Å²) >= 11 is 0. The molecule has 1 fully saturated rings. The molecule has 2 heterocycles. The van der Waals surface area contributed by atoms with Gasteiger partial charge in [0.05, 0.1) is 0 Å². The summed E-state index contributed by atoms with van der Waals surface area (Å²) in [6, 6.07) is 9.65. The molecule has 7 heteroatoms. The number of benzene rings is 1. The van der Waals surface area contributed by atoms with Gasteiger partial charge in [0.15, 0.2) is 0 Å². The van der Waals surface area contributed by atoms with Gasteiger partial charge in [-0.05, 0) is 56.7 Å². The average Bonchev–Trinajstić information content (AvgIpc) is 2.75. The van der Waals surface area contributed by atoms with E-state index in [2.05, 4.69) is 37.7 Å². The van der Waals surface area contributed by atoms with Crippen molar-refractivity contribution >= 4 is 29.8 Å². The van der Waals surface area contributed by atoms with Crippen molar-refractivity contribution in [1.82, 2.24) is 14.9 Å². The van der Waals surface area contributed by atoms with Crippen molar-refractivity contribution in [2.45, 2.75) is 6.92 Å². The lowest BCUT2D eigenvalue weighted by molar-refractivity contribution is 0.329. The standard InChI is InChI=1S/C23H30N5OP/c1-5-7-8-20(6-2)27-13-15-28(16-14-27)23-17-22(24-18-25-23)26-19-9-11-21(12-10-19)30(3,4)29/h5-12,17-18H,2,13-16H2,1,3-4H3,(H,24,25,26)/b7-5-,20-8+. The minimum Gasteiger partial charge on any atom is -0.368 e. The van der Waals surface area contributed by atoms with Gasteiger partial charge in [-0.25, -0.2) is 9.97 Å². The van der Waals surface area contributed by atoms with E-state index in [0.29, 0.717) is 0 Å². The van der Waals surface area contributed by atoms with Crippen LogP contribution in [-0.2, 0) is 4.57 Å². The Hall–Kier alpha value is -2.85. The van der Waals surface area contributed by atoms with Gasteiger partial charge >= 0.3 is 0 Å². The molecular formula is C23H30N5OP. The summed E-state index contributed by atoms with van der Waals surface area (Å²) in [4.78, 5) is 13.4. The molecule has 0 unspecified atom stereocenters. The molecular weight excluding hydrogens is 393 g/mol. The molecule has 1 aliphatic heterocycles. The van der Waals surface area contributed by atoms with Crippen LogP contribution in [0.2, 0.25) is 0 Å². The van der Waals surface area contributed by atoms with Crippen molar-refractivity contribution in [2.75, 3.05) is 49.7 Å². The molecule has 1 N–H and O–H groups in total. The number of piperazine rings is 1. The second-order valence-corrected chi connectivity index (χ2v) is 10.8. The molecule has 1 aromatic heterocycles. The van der Waals surface area contributed by atoms with Gasteiger partial charge in [-0.15, -0.1) is 0 Å². The van der Waals surface area contributed by atoms with Gasteiger partial charge in [-0.3, -0.25) is 0 Å². The minimum absolute atomic E-state index is 0.742. The molecule has 6 nitrogen and oxygen atoms in total. The molecule has 0 radical (unpaired) electrons. The number of rotatable bonds is 7. The largest absolute Gasteiger partial charge is 0.368 e. The molecule has 3 rings (SSSR count). The lowest BCUT2D eigenvalue weighted by Crippen LogP contribution is -2.46. The minimum atomic E-state index is -2.25. The zero-order valence-corrected chi connectivity index (χ0v) is 18.8. The van der Waals surface area contributed by atoms with E-state index < -0.39 is 7.14 Å². The van der Waals surface area contributed by atoms with Gasteiger partial charge in [0.1, 0.15) is 25.1 Å². The molecule has 0 aliphatic carbocycles. The van der Waals surface area contributed by atoms with E-state index in [1.807, 2.05) is 55.5 Å². The maximum absolute atomic E-state index is 12.2. The number of nitrogens with one attached hydrogen (secondary N) is 1. The van der Waals surface area contributed by atoms with Crippen LogP contribution in [-0.4, -0.2) is 54.4 Å². The summed E-state index contributed by atoms with van der Waals surface area (Å²) in [6.45, 7) is 13.1. The fraction of sp³-hybridized carbons (Fsp3) is 0.304. The van der Waals surface area contributed by atoms with E-state index in [-0.39, 0.29) is 0 Å². The highest BCUT2D eigenvalue weighted by atomic mass is 31.2. The molecule has 0 amide bonds. The Bertz CT molecular complexity index is 969. The van der Waals surface area contributed by atoms with Crippen LogP contribution in [0.25, 0.3) is 0 Å². The van der Waals surface area contributed by atoms with Gasteiger partial charge in [0.2, 0.25) is 0 Å². The fourth-order valence-corrected chi connectivity index (χ4v) is 4.20. The van der Waals surface area contributed by atoms with Gasteiger partial charge < -0.3 is 19.7 Å². The second kappa shape index (κ2) is 9.77. The molecule has 2 aromatic rings. The normalized spacial score (nSPS) is 15.5. The Morgan fingerprint density at radius 3 is 2.43 bits per heavy atom. The van der Waals surface area contributed by atoms with Crippen molar-refractivity contribution in [3.63, 3.8) is 0 Å². The number of anilines is 3. The first-order valence-electron chi connectivity index (χ1n) is 10.1. The summed E-state index contributed by atoms with van der Waals surface area (Å²) in [6.07, 6.45) is 9.65. The van der Waals surface area contributed by atoms with Crippen LogP contribution in [0.3, 0.4) is 0 Å². The Morgan fingerprint density at radius 1 is 1.13 bits per heavy atom. The molecule has 1 aromatic carbocycles. The van der Waals surface area contributed by atoms with Crippen LogP contribution in [0.4, 0.5) is 17.3 Å². The number of allylic oxidation sites excluding steroid dienone is 4. The molecule has 0 spiro atoms. The van der Waals surface area contributed by atoms with E-state index in [1.165, 1.54) is 0 Å². The van der Waals surface area contributed by atoms with Gasteiger partial charge in [0, 0.05) is 48.9 Å². The summed E-state index contributed by atoms with van der Waals surface area (Å²) in [5.41, 5.74) is 2.05. The van der Waals surface area contributed by atoms with Crippen molar-refractivity contribution in [1.29, 1.82) is 0 Å². The van der Waals surface area contributed by atoms with E-state index in [0.717, 1.165) is 54.5 Å². The van der Waals surface area contributed by atoms with Crippen molar-refractivity contribution in [3.8, 4) is 0 Å².